The van der Waals surface area contributed by atoms with Gasteiger partial charge in [0.25, 0.3) is 0 Å². The number of carbonyl (C=O) groups is 1. The molecule has 17 heavy (non-hydrogen) atoms. The van der Waals surface area contributed by atoms with E-state index in [1.54, 1.807) is 13.0 Å². The maximum absolute atomic E-state index is 11.0. The number of aromatic carboxylic acids is 1. The third-order valence-electron chi connectivity index (χ3n) is 2.38. The van der Waals surface area contributed by atoms with E-state index in [1.807, 2.05) is 18.2 Å². The van der Waals surface area contributed by atoms with E-state index in [9.17, 15) is 4.79 Å². The van der Waals surface area contributed by atoms with Crippen LogP contribution in [0.3, 0.4) is 0 Å². The monoisotopic (exact) mass is 251 g/mol. The molecular weight excluding hydrogens is 242 g/mol. The van der Waals surface area contributed by atoms with Gasteiger partial charge in [-0.1, -0.05) is 35.0 Å². The number of rotatable bonds is 3. The van der Waals surface area contributed by atoms with Crippen LogP contribution in [-0.4, -0.2) is 26.1 Å². The van der Waals surface area contributed by atoms with E-state index in [2.05, 4.69) is 10.3 Å². The molecule has 0 unspecified atom stereocenters. The van der Waals surface area contributed by atoms with Gasteiger partial charge in [-0.3, -0.25) is 0 Å². The second-order valence-corrected chi connectivity index (χ2v) is 3.98. The van der Waals surface area contributed by atoms with Gasteiger partial charge in [-0.05, 0) is 18.6 Å². The topological polar surface area (TPSA) is 68.0 Å². The van der Waals surface area contributed by atoms with Crippen molar-refractivity contribution in [3.8, 4) is 0 Å². The van der Waals surface area contributed by atoms with E-state index in [1.165, 1.54) is 4.68 Å². The van der Waals surface area contributed by atoms with Crippen LogP contribution in [0.5, 0.6) is 0 Å². The molecule has 1 N–H and O–H groups in total. The zero-order valence-corrected chi connectivity index (χ0v) is 9.85. The maximum Gasteiger partial charge on any atom is 0.356 e. The van der Waals surface area contributed by atoms with Crippen LogP contribution in [-0.2, 0) is 6.54 Å². The third kappa shape index (κ3) is 2.29. The number of aryl methyl sites for hydroxylation is 1. The van der Waals surface area contributed by atoms with Crippen molar-refractivity contribution < 1.29 is 9.90 Å². The lowest BCUT2D eigenvalue weighted by molar-refractivity contribution is 0.0683. The van der Waals surface area contributed by atoms with Crippen LogP contribution in [0.25, 0.3) is 0 Å². The molecule has 6 heteroatoms. The smallest absolute Gasteiger partial charge is 0.356 e. The first kappa shape index (κ1) is 11.6. The highest BCUT2D eigenvalue weighted by Crippen LogP contribution is 2.17. The van der Waals surface area contributed by atoms with Crippen molar-refractivity contribution in [3.63, 3.8) is 0 Å². The predicted octanol–water partition coefficient (Wildman–Crippen LogP) is 1.99. The Kier molecular flexibility index (Phi) is 3.10. The average Bonchev–Trinajstić information content (AvgIpc) is 2.63. The molecule has 2 rings (SSSR count). The summed E-state index contributed by atoms with van der Waals surface area (Å²) in [6, 6.07) is 7.23. The zero-order valence-electron chi connectivity index (χ0n) is 9.09. The molecule has 0 radical (unpaired) electrons. The first-order chi connectivity index (χ1) is 8.09. The molecule has 88 valence electrons. The fraction of sp³-hybridized carbons (Fsp3) is 0.182. The number of carboxylic acid groups (broad SMARTS) is 1. The Morgan fingerprint density at radius 1 is 1.47 bits per heavy atom. The summed E-state index contributed by atoms with van der Waals surface area (Å²) in [6.07, 6.45) is 0. The minimum Gasteiger partial charge on any atom is -0.476 e. The van der Waals surface area contributed by atoms with Crippen molar-refractivity contribution in [2.24, 2.45) is 0 Å². The van der Waals surface area contributed by atoms with Gasteiger partial charge >= 0.3 is 5.97 Å². The van der Waals surface area contributed by atoms with Crippen molar-refractivity contribution in [3.05, 3.63) is 46.2 Å². The van der Waals surface area contributed by atoms with Crippen LogP contribution >= 0.6 is 11.6 Å². The van der Waals surface area contributed by atoms with Crippen LogP contribution in [0.4, 0.5) is 0 Å². The Labute approximate surface area is 103 Å². The van der Waals surface area contributed by atoms with Crippen molar-refractivity contribution in [2.75, 3.05) is 0 Å². The Bertz CT molecular complexity index is 566. The van der Waals surface area contributed by atoms with Crippen LogP contribution in [0, 0.1) is 6.92 Å². The lowest BCUT2D eigenvalue weighted by Crippen LogP contribution is -2.12. The molecule has 0 amide bonds. The molecule has 1 heterocycles. The maximum atomic E-state index is 11.0. The van der Waals surface area contributed by atoms with Gasteiger partial charge in [0.1, 0.15) is 0 Å². The van der Waals surface area contributed by atoms with E-state index in [-0.39, 0.29) is 5.69 Å². The molecule has 0 fully saturated rings. The molecule has 0 bridgehead atoms. The summed E-state index contributed by atoms with van der Waals surface area (Å²) in [5.41, 5.74) is 1.29. The SMILES string of the molecule is Cc1nnn(Cc2ccccc2Cl)c1C(=O)O. The molecule has 0 spiro atoms. The van der Waals surface area contributed by atoms with Crippen molar-refractivity contribution >= 4 is 17.6 Å². The lowest BCUT2D eigenvalue weighted by Gasteiger charge is -2.05. The van der Waals surface area contributed by atoms with E-state index in [0.717, 1.165) is 5.56 Å². The summed E-state index contributed by atoms with van der Waals surface area (Å²) >= 11 is 6.00. The average molecular weight is 252 g/mol. The first-order valence-electron chi connectivity index (χ1n) is 4.96. The summed E-state index contributed by atoms with van der Waals surface area (Å²) in [6.45, 7) is 1.90. The van der Waals surface area contributed by atoms with E-state index < -0.39 is 5.97 Å². The molecule has 0 aliphatic rings. The number of benzene rings is 1. The highest BCUT2D eigenvalue weighted by molar-refractivity contribution is 6.31. The number of aromatic nitrogens is 3. The van der Waals surface area contributed by atoms with Gasteiger partial charge in [-0.2, -0.15) is 0 Å². The number of hydrogen-bond donors (Lipinski definition) is 1. The fourth-order valence-electron chi connectivity index (χ4n) is 1.56. The molecule has 0 saturated heterocycles. The molecule has 0 aliphatic carbocycles. The highest BCUT2D eigenvalue weighted by Gasteiger charge is 2.17. The summed E-state index contributed by atoms with van der Waals surface area (Å²) in [5, 5.41) is 17.2. The summed E-state index contributed by atoms with van der Waals surface area (Å²) < 4.78 is 1.33. The number of nitrogens with zero attached hydrogens (tertiary/aromatic N) is 3. The van der Waals surface area contributed by atoms with Crippen LogP contribution in [0.15, 0.2) is 24.3 Å². The summed E-state index contributed by atoms with van der Waals surface area (Å²) in [4.78, 5) is 11.0. The molecule has 0 atom stereocenters. The minimum atomic E-state index is -1.04. The van der Waals surface area contributed by atoms with Crippen molar-refractivity contribution in [2.45, 2.75) is 13.5 Å². The van der Waals surface area contributed by atoms with Gasteiger partial charge in [0, 0.05) is 5.02 Å². The van der Waals surface area contributed by atoms with Gasteiger partial charge in [0.15, 0.2) is 5.69 Å². The number of carboxylic acids is 1. The van der Waals surface area contributed by atoms with Gasteiger partial charge in [-0.15, -0.1) is 5.10 Å². The first-order valence-corrected chi connectivity index (χ1v) is 5.34. The Morgan fingerprint density at radius 3 is 2.82 bits per heavy atom. The van der Waals surface area contributed by atoms with Gasteiger partial charge in [-0.25, -0.2) is 9.48 Å². The summed E-state index contributed by atoms with van der Waals surface area (Å²) in [7, 11) is 0. The van der Waals surface area contributed by atoms with Crippen molar-refractivity contribution in [1.29, 1.82) is 0 Å². The summed E-state index contributed by atoms with van der Waals surface area (Å²) in [5.74, 6) is -1.04. The van der Waals surface area contributed by atoms with E-state index in [0.29, 0.717) is 17.3 Å². The molecule has 0 saturated carbocycles. The second kappa shape index (κ2) is 4.55. The molecule has 2 aromatic rings. The second-order valence-electron chi connectivity index (χ2n) is 3.58. The largest absolute Gasteiger partial charge is 0.476 e. The Balaban J connectivity index is 2.37. The standard InChI is InChI=1S/C11H10ClN3O2/c1-7-10(11(16)17)15(14-13-7)6-8-4-2-3-5-9(8)12/h2-5H,6H2,1H3,(H,16,17). The van der Waals surface area contributed by atoms with E-state index >= 15 is 0 Å². The van der Waals surface area contributed by atoms with Crippen LogP contribution in [0.1, 0.15) is 21.7 Å². The molecule has 1 aromatic heterocycles. The Hall–Kier alpha value is -1.88. The van der Waals surface area contributed by atoms with Crippen LogP contribution < -0.4 is 0 Å². The van der Waals surface area contributed by atoms with Gasteiger partial charge in [0.05, 0.1) is 12.2 Å². The normalized spacial score (nSPS) is 10.5. The fourth-order valence-corrected chi connectivity index (χ4v) is 1.76. The molecule has 5 nitrogen and oxygen atoms in total. The highest BCUT2D eigenvalue weighted by atomic mass is 35.5. The molecule has 0 aliphatic heterocycles. The predicted molar refractivity (Wildman–Crippen MR) is 62.3 cm³/mol. The third-order valence-corrected chi connectivity index (χ3v) is 2.75. The van der Waals surface area contributed by atoms with Crippen LogP contribution in [0.2, 0.25) is 5.02 Å². The van der Waals surface area contributed by atoms with Crippen molar-refractivity contribution in [1.82, 2.24) is 15.0 Å². The molecular formula is C11H10ClN3O2. The Morgan fingerprint density at radius 2 is 2.18 bits per heavy atom. The molecule has 1 aromatic carbocycles. The minimum absolute atomic E-state index is 0.0879. The number of hydrogen-bond acceptors (Lipinski definition) is 3. The lowest BCUT2D eigenvalue weighted by atomic mass is 10.2. The van der Waals surface area contributed by atoms with Gasteiger partial charge in [0.2, 0.25) is 0 Å². The van der Waals surface area contributed by atoms with E-state index in [4.69, 9.17) is 16.7 Å². The number of halogens is 1. The van der Waals surface area contributed by atoms with Gasteiger partial charge < -0.3 is 5.11 Å². The zero-order chi connectivity index (χ0) is 12.4. The quantitative estimate of drug-likeness (QED) is 0.906.